The first-order valence-electron chi connectivity index (χ1n) is 46.8. The normalized spacial score (nSPS) is 12.2. The minimum absolute atomic E-state index is 0.00333. The van der Waals surface area contributed by atoms with E-state index < -0.39 is 83.4 Å². The number of carboxylic acid groups (broad SMARTS) is 2. The Kier molecular flexibility index (Phi) is 42.7. The molecule has 4 atom stereocenters. The lowest BCUT2D eigenvalue weighted by molar-refractivity contribution is -0.140. The van der Waals surface area contributed by atoms with E-state index in [-0.39, 0.29) is 138 Å². The average Bonchev–Trinajstić information content (AvgIpc) is 1.73. The number of rotatable bonds is 66. The smallest absolute Gasteiger partial charge is 0.326 e. The number of anilines is 2. The third-order valence-corrected chi connectivity index (χ3v) is 22.8. The topological polar surface area (TPSA) is 491 Å². The summed E-state index contributed by atoms with van der Waals surface area (Å²) in [6.07, 6.45) is 7.39. The predicted molar refractivity (Wildman–Crippen MR) is 526 cm³/mol. The molecule has 12 rings (SSSR count). The molecule has 14 N–H and O–H groups in total. The van der Waals surface area contributed by atoms with E-state index in [1.807, 2.05) is 109 Å². The summed E-state index contributed by atoms with van der Waals surface area (Å²) < 4.78 is 73.7. The maximum Gasteiger partial charge on any atom is 0.326 e. The Balaban J connectivity index is 0.455. The number of aromatic nitrogens is 4. The van der Waals surface area contributed by atoms with Gasteiger partial charge >= 0.3 is 11.9 Å². The maximum atomic E-state index is 14.4. The number of H-pyrrole nitrogens is 4. The number of para-hydroxylation sites is 4. The second-order valence-corrected chi connectivity index (χ2v) is 32.7. The molecule has 0 aliphatic carbocycles. The second kappa shape index (κ2) is 57.1. The number of carbonyl (C=O) groups excluding carboxylic acids is 8. The number of fused-ring (bicyclic) bond motifs is 4. The monoisotopic (exact) mass is 1940 g/mol. The third kappa shape index (κ3) is 34.5. The van der Waals surface area contributed by atoms with Gasteiger partial charge in [0.2, 0.25) is 35.4 Å². The SMILES string of the molecule is COc1ccc(C[C@H](NC(=O)CCC(=O)NCCOCCOCCOCCOCCOCCOCCOCCOCCOCCNC(=O)CCC(=O)N[C@@H](Cc2ccc(OC)cc2)C(=O)Nc2ccc(C(=O)N[C@@H](Cc3c[nH]c4ccccc34)C(=O)O)cc2OCCc2c[nH]c3ccccc23)C(=O)Nc2ccc(C(=O)N[C@@H](Cc3c[nH]c4ccccc34)C(=O)O)cc2OCCc2c[nH]c3ccccc23)cc1. The van der Waals surface area contributed by atoms with Crippen molar-refractivity contribution in [2.45, 2.75) is 88.4 Å². The van der Waals surface area contributed by atoms with Gasteiger partial charge in [0, 0.05) is 157 Å². The summed E-state index contributed by atoms with van der Waals surface area (Å²) in [5.74, 6) is -5.56. The van der Waals surface area contributed by atoms with Crippen LogP contribution in [0.4, 0.5) is 11.4 Å². The number of amides is 8. The number of benzene rings is 8. The highest BCUT2D eigenvalue weighted by molar-refractivity contribution is 6.03. The number of hydrogen-bond donors (Lipinski definition) is 14. The van der Waals surface area contributed by atoms with Gasteiger partial charge < -0.3 is 134 Å². The van der Waals surface area contributed by atoms with Crippen LogP contribution in [0.2, 0.25) is 0 Å². The highest BCUT2D eigenvalue weighted by Gasteiger charge is 2.30. The molecule has 4 heterocycles. The Morgan fingerprint density at radius 1 is 0.305 bits per heavy atom. The van der Waals surface area contributed by atoms with E-state index in [9.17, 15) is 58.2 Å². The van der Waals surface area contributed by atoms with E-state index in [2.05, 4.69) is 62.5 Å². The van der Waals surface area contributed by atoms with Crippen molar-refractivity contribution in [3.05, 3.63) is 251 Å². The zero-order chi connectivity index (χ0) is 99.1. The summed E-state index contributed by atoms with van der Waals surface area (Å²) in [5, 5.41) is 46.4. The van der Waals surface area contributed by atoms with E-state index in [0.717, 1.165) is 54.7 Å². The van der Waals surface area contributed by atoms with Gasteiger partial charge in [-0.2, -0.15) is 0 Å². The molecule has 8 amide bonds. The van der Waals surface area contributed by atoms with Crippen LogP contribution in [0, 0.1) is 0 Å². The number of nitrogens with one attached hydrogen (secondary N) is 12. The van der Waals surface area contributed by atoms with Crippen LogP contribution in [-0.4, -0.2) is 273 Å². The predicted octanol–water partition coefficient (Wildman–Crippen LogP) is 9.70. The zero-order valence-electron chi connectivity index (χ0n) is 78.9. The van der Waals surface area contributed by atoms with Crippen LogP contribution in [0.15, 0.2) is 207 Å². The minimum atomic E-state index is -1.29. The fraction of sp³-hybridized carbons (Fsp3) is 0.365. The minimum Gasteiger partial charge on any atom is -0.497 e. The Labute approximate surface area is 814 Å². The van der Waals surface area contributed by atoms with E-state index in [1.54, 1.807) is 60.9 Å². The number of aliphatic carboxylic acids is 2. The number of aromatic amines is 4. The quantitative estimate of drug-likeness (QED) is 0.0158. The Hall–Kier alpha value is -14.5. The fourth-order valence-electron chi connectivity index (χ4n) is 15.3. The molecule has 0 radical (unpaired) electrons. The van der Waals surface area contributed by atoms with Gasteiger partial charge in [0.25, 0.3) is 11.8 Å². The van der Waals surface area contributed by atoms with Crippen molar-refractivity contribution in [1.29, 1.82) is 0 Å². The van der Waals surface area contributed by atoms with Gasteiger partial charge in [0.05, 0.1) is 158 Å². The summed E-state index contributed by atoms with van der Waals surface area (Å²) in [5.41, 5.74) is 8.82. The number of hydrogen-bond acceptors (Lipinski definition) is 23. The highest BCUT2D eigenvalue weighted by Crippen LogP contribution is 2.32. The molecule has 0 unspecified atom stereocenters. The van der Waals surface area contributed by atoms with Crippen LogP contribution < -0.4 is 61.5 Å². The molecule has 748 valence electrons. The molecule has 0 aliphatic rings. The van der Waals surface area contributed by atoms with Gasteiger partial charge in [-0.3, -0.25) is 38.4 Å². The third-order valence-electron chi connectivity index (χ3n) is 22.8. The summed E-state index contributed by atoms with van der Waals surface area (Å²) in [4.78, 5) is 148. The molecule has 0 saturated heterocycles. The molecule has 37 heteroatoms. The average molecular weight is 1940 g/mol. The number of carboxylic acids is 2. The molecule has 37 nitrogen and oxygen atoms in total. The number of carbonyl (C=O) groups is 10. The first-order chi connectivity index (χ1) is 68.8. The van der Waals surface area contributed by atoms with Gasteiger partial charge in [-0.25, -0.2) is 9.59 Å². The molecular weight excluding hydrogens is 1820 g/mol. The fourth-order valence-corrected chi connectivity index (χ4v) is 15.3. The number of methoxy groups -OCH3 is 2. The van der Waals surface area contributed by atoms with E-state index >= 15 is 0 Å². The largest absolute Gasteiger partial charge is 0.497 e. The standard InChI is InChI=1S/C104H122N12O25/c1-129-77-25-19-69(20-26-77)59-89(101(123)113-87-29-23-71(63-93(87)140-39-35-73-65-107-83-15-7-3-11-79(73)83)99(121)115-91(103(125)126)61-75-67-109-85-17-9-5-13-81(75)85)111-97(119)33-31-95(117)105-37-41-131-43-45-133-47-49-135-51-53-137-55-57-139-58-56-138-54-52-136-50-48-134-46-44-132-42-38-106-96(118)32-34-98(120)112-90(60-70-21-27-78(130-2)28-22-70)102(124)114-88-30-24-72(64-94(88)141-40-36-74-66-108-84-16-8-4-12-80(74)84)100(122)116-92(104(127)128)62-76-68-110-86-18-10-6-14-82(76)86/h3-30,63-68,89-92,107-110H,31-62H2,1-2H3,(H,105,117)(H,106,118)(H,111,119)(H,112,120)(H,113,123)(H,114,124)(H,115,121)(H,116,122)(H,125,126)(H,127,128)/t89-,90-,91-,92-/m0/s1. The first kappa shape index (κ1) is 105. The summed E-state index contributed by atoms with van der Waals surface area (Å²) in [6.45, 7) is 6.44. The Morgan fingerprint density at radius 3 is 0.908 bits per heavy atom. The Bertz CT molecular complexity index is 5680. The van der Waals surface area contributed by atoms with Crippen molar-refractivity contribution in [2.24, 2.45) is 0 Å². The van der Waals surface area contributed by atoms with Crippen molar-refractivity contribution in [3.63, 3.8) is 0 Å². The second-order valence-electron chi connectivity index (χ2n) is 32.7. The molecule has 141 heavy (non-hydrogen) atoms. The van der Waals surface area contributed by atoms with Crippen LogP contribution in [-0.2, 0) is 120 Å². The van der Waals surface area contributed by atoms with Crippen LogP contribution >= 0.6 is 0 Å². The van der Waals surface area contributed by atoms with Gasteiger partial charge in [-0.05, 0) is 118 Å². The van der Waals surface area contributed by atoms with E-state index in [1.165, 1.54) is 50.6 Å². The van der Waals surface area contributed by atoms with Gasteiger partial charge in [0.15, 0.2) is 0 Å². The lowest BCUT2D eigenvalue weighted by Gasteiger charge is -2.21. The lowest BCUT2D eigenvalue weighted by atomic mass is 10.0. The van der Waals surface area contributed by atoms with Gasteiger partial charge in [-0.1, -0.05) is 97.1 Å². The van der Waals surface area contributed by atoms with E-state index in [0.29, 0.717) is 139 Å². The van der Waals surface area contributed by atoms with Crippen LogP contribution in [0.3, 0.4) is 0 Å². The first-order valence-corrected chi connectivity index (χ1v) is 46.8. The molecule has 0 bridgehead atoms. The van der Waals surface area contributed by atoms with Gasteiger partial charge in [0.1, 0.15) is 47.2 Å². The summed E-state index contributed by atoms with van der Waals surface area (Å²) in [7, 11) is 3.06. The molecule has 0 aliphatic heterocycles. The van der Waals surface area contributed by atoms with Crippen molar-refractivity contribution in [2.75, 3.05) is 170 Å². The highest BCUT2D eigenvalue weighted by atomic mass is 16.6. The van der Waals surface area contributed by atoms with Crippen molar-refractivity contribution >= 4 is 114 Å². The molecule has 0 saturated carbocycles. The van der Waals surface area contributed by atoms with Crippen LogP contribution in [0.25, 0.3) is 43.6 Å². The lowest BCUT2D eigenvalue weighted by Crippen LogP contribution is -2.45. The molecule has 12 aromatic rings. The zero-order valence-corrected chi connectivity index (χ0v) is 78.9. The molecular formula is C104H122N12O25. The van der Waals surface area contributed by atoms with E-state index in [4.69, 9.17) is 61.6 Å². The van der Waals surface area contributed by atoms with Crippen molar-refractivity contribution in [3.8, 4) is 23.0 Å². The summed E-state index contributed by atoms with van der Waals surface area (Å²) in [6, 6.07) is 48.4. The molecule has 4 aromatic heterocycles. The summed E-state index contributed by atoms with van der Waals surface area (Å²) >= 11 is 0. The molecule has 8 aromatic carbocycles. The van der Waals surface area contributed by atoms with Crippen molar-refractivity contribution in [1.82, 2.24) is 51.8 Å². The maximum absolute atomic E-state index is 14.4. The Morgan fingerprint density at radius 2 is 0.596 bits per heavy atom. The van der Waals surface area contributed by atoms with Crippen LogP contribution in [0.5, 0.6) is 23.0 Å². The number of ether oxygens (including phenoxy) is 13. The van der Waals surface area contributed by atoms with Crippen molar-refractivity contribution < 1.29 is 120 Å². The molecule has 0 fully saturated rings. The molecule has 0 spiro atoms. The van der Waals surface area contributed by atoms with Gasteiger partial charge in [-0.15, -0.1) is 0 Å². The van der Waals surface area contributed by atoms with Crippen LogP contribution in [0.1, 0.15) is 79.8 Å².